The highest BCUT2D eigenvalue weighted by Crippen LogP contribution is 2.20. The molecule has 0 aliphatic carbocycles. The van der Waals surface area contributed by atoms with Crippen LogP contribution in [0, 0.1) is 6.92 Å². The first-order chi connectivity index (χ1) is 8.70. The maximum absolute atomic E-state index is 4.56. The lowest BCUT2D eigenvalue weighted by Crippen LogP contribution is -2.14. The standard InChI is InChI=1S/C16H20N2/c1-4-17-11-12(2)9-14-10-13(3)18-16-8-6-5-7-15(14)16/h5-10,17H,4,11H2,1-3H3. The van der Waals surface area contributed by atoms with Crippen molar-refractivity contribution in [1.29, 1.82) is 0 Å². The van der Waals surface area contributed by atoms with Gasteiger partial charge in [-0.3, -0.25) is 4.98 Å². The van der Waals surface area contributed by atoms with Crippen molar-refractivity contribution in [1.82, 2.24) is 10.3 Å². The minimum atomic E-state index is 0.937. The molecule has 1 aromatic heterocycles. The lowest BCUT2D eigenvalue weighted by molar-refractivity contribution is 0.779. The topological polar surface area (TPSA) is 24.9 Å². The average Bonchev–Trinajstić information content (AvgIpc) is 2.36. The zero-order chi connectivity index (χ0) is 13.0. The van der Waals surface area contributed by atoms with E-state index in [2.05, 4.69) is 54.5 Å². The van der Waals surface area contributed by atoms with Crippen molar-refractivity contribution >= 4 is 17.0 Å². The number of aromatic nitrogens is 1. The van der Waals surface area contributed by atoms with E-state index in [9.17, 15) is 0 Å². The van der Waals surface area contributed by atoms with E-state index in [-0.39, 0.29) is 0 Å². The highest BCUT2D eigenvalue weighted by Gasteiger charge is 2.01. The van der Waals surface area contributed by atoms with Crippen LogP contribution >= 0.6 is 0 Å². The predicted octanol–water partition coefficient (Wildman–Crippen LogP) is 3.56. The van der Waals surface area contributed by atoms with E-state index in [1.165, 1.54) is 16.5 Å². The van der Waals surface area contributed by atoms with Gasteiger partial charge in [0.05, 0.1) is 5.52 Å². The Labute approximate surface area is 109 Å². The van der Waals surface area contributed by atoms with Gasteiger partial charge in [0.25, 0.3) is 0 Å². The fourth-order valence-corrected chi connectivity index (χ4v) is 2.10. The van der Waals surface area contributed by atoms with E-state index in [0.717, 1.165) is 24.3 Å². The molecular formula is C16H20N2. The normalized spacial score (nSPS) is 12.1. The Morgan fingerprint density at radius 3 is 2.89 bits per heavy atom. The van der Waals surface area contributed by atoms with Gasteiger partial charge >= 0.3 is 0 Å². The molecule has 1 aromatic carbocycles. The largest absolute Gasteiger partial charge is 0.313 e. The van der Waals surface area contributed by atoms with Crippen molar-refractivity contribution in [2.45, 2.75) is 20.8 Å². The minimum absolute atomic E-state index is 0.937. The third-order valence-electron chi connectivity index (χ3n) is 2.93. The van der Waals surface area contributed by atoms with Gasteiger partial charge in [0.2, 0.25) is 0 Å². The number of benzene rings is 1. The summed E-state index contributed by atoms with van der Waals surface area (Å²) in [7, 11) is 0. The number of hydrogen-bond acceptors (Lipinski definition) is 2. The van der Waals surface area contributed by atoms with Crippen molar-refractivity contribution in [2.75, 3.05) is 13.1 Å². The molecule has 0 unspecified atom stereocenters. The number of nitrogens with zero attached hydrogens (tertiary/aromatic N) is 1. The average molecular weight is 240 g/mol. The molecule has 2 nitrogen and oxygen atoms in total. The summed E-state index contributed by atoms with van der Waals surface area (Å²) in [5.41, 5.74) is 4.73. The van der Waals surface area contributed by atoms with Crippen molar-refractivity contribution in [3.05, 3.63) is 47.2 Å². The minimum Gasteiger partial charge on any atom is -0.313 e. The second-order valence-electron chi connectivity index (χ2n) is 4.64. The SMILES string of the molecule is CCNCC(C)=Cc1cc(C)nc2ccccc12. The molecule has 18 heavy (non-hydrogen) atoms. The first-order valence-electron chi connectivity index (χ1n) is 6.45. The van der Waals surface area contributed by atoms with Crippen LogP contribution in [0.25, 0.3) is 17.0 Å². The third kappa shape index (κ3) is 2.96. The van der Waals surface area contributed by atoms with Crippen molar-refractivity contribution in [2.24, 2.45) is 0 Å². The Kier molecular flexibility index (Phi) is 4.11. The first-order valence-corrected chi connectivity index (χ1v) is 6.45. The van der Waals surface area contributed by atoms with Crippen LogP contribution in [-0.4, -0.2) is 18.1 Å². The fourth-order valence-electron chi connectivity index (χ4n) is 2.10. The van der Waals surface area contributed by atoms with E-state index in [4.69, 9.17) is 0 Å². The summed E-state index contributed by atoms with van der Waals surface area (Å²) in [6.45, 7) is 8.27. The molecule has 0 saturated carbocycles. The van der Waals surface area contributed by atoms with E-state index in [1.807, 2.05) is 13.0 Å². The monoisotopic (exact) mass is 240 g/mol. The van der Waals surface area contributed by atoms with Crippen molar-refractivity contribution in [3.8, 4) is 0 Å². The van der Waals surface area contributed by atoms with Crippen LogP contribution in [0.15, 0.2) is 35.9 Å². The summed E-state index contributed by atoms with van der Waals surface area (Å²) in [5, 5.41) is 4.57. The molecule has 94 valence electrons. The molecule has 0 bridgehead atoms. The van der Waals surface area contributed by atoms with Crippen LogP contribution in [-0.2, 0) is 0 Å². The Morgan fingerprint density at radius 2 is 2.11 bits per heavy atom. The Morgan fingerprint density at radius 1 is 1.33 bits per heavy atom. The van der Waals surface area contributed by atoms with Crippen LogP contribution in [0.2, 0.25) is 0 Å². The van der Waals surface area contributed by atoms with Crippen molar-refractivity contribution in [3.63, 3.8) is 0 Å². The van der Waals surface area contributed by atoms with Gasteiger partial charge in [-0.05, 0) is 38.1 Å². The lowest BCUT2D eigenvalue weighted by Gasteiger charge is -2.06. The van der Waals surface area contributed by atoms with Gasteiger partial charge in [-0.2, -0.15) is 0 Å². The van der Waals surface area contributed by atoms with Crippen LogP contribution in [0.4, 0.5) is 0 Å². The quantitative estimate of drug-likeness (QED) is 0.884. The number of pyridine rings is 1. The van der Waals surface area contributed by atoms with Gasteiger partial charge in [-0.15, -0.1) is 0 Å². The molecule has 0 aliphatic heterocycles. The summed E-state index contributed by atoms with van der Waals surface area (Å²) in [6, 6.07) is 10.5. The van der Waals surface area contributed by atoms with Gasteiger partial charge < -0.3 is 5.32 Å². The molecule has 2 aromatic rings. The van der Waals surface area contributed by atoms with E-state index < -0.39 is 0 Å². The molecule has 0 fully saturated rings. The smallest absolute Gasteiger partial charge is 0.0711 e. The van der Waals surface area contributed by atoms with Crippen LogP contribution in [0.5, 0.6) is 0 Å². The summed E-state index contributed by atoms with van der Waals surface area (Å²) >= 11 is 0. The van der Waals surface area contributed by atoms with E-state index in [0.29, 0.717) is 0 Å². The molecule has 0 aliphatic rings. The van der Waals surface area contributed by atoms with Crippen LogP contribution < -0.4 is 5.32 Å². The molecular weight excluding hydrogens is 220 g/mol. The summed E-state index contributed by atoms with van der Waals surface area (Å²) in [4.78, 5) is 4.56. The number of aryl methyl sites for hydroxylation is 1. The number of likely N-dealkylation sites (N-methyl/N-ethyl adjacent to an activating group) is 1. The highest BCUT2D eigenvalue weighted by molar-refractivity contribution is 5.88. The number of hydrogen-bond donors (Lipinski definition) is 1. The Bertz CT molecular complexity index is 570. The first kappa shape index (κ1) is 12.8. The summed E-state index contributed by atoms with van der Waals surface area (Å²) in [5.74, 6) is 0. The fraction of sp³-hybridized carbons (Fsp3) is 0.312. The highest BCUT2D eigenvalue weighted by atomic mass is 14.8. The number of fused-ring (bicyclic) bond motifs is 1. The second-order valence-corrected chi connectivity index (χ2v) is 4.64. The molecule has 0 saturated heterocycles. The van der Waals surface area contributed by atoms with E-state index in [1.54, 1.807) is 0 Å². The van der Waals surface area contributed by atoms with Gasteiger partial charge in [-0.1, -0.05) is 36.8 Å². The number of nitrogens with one attached hydrogen (secondary N) is 1. The van der Waals surface area contributed by atoms with Gasteiger partial charge in [-0.25, -0.2) is 0 Å². The zero-order valence-electron chi connectivity index (χ0n) is 11.3. The summed E-state index contributed by atoms with van der Waals surface area (Å²) < 4.78 is 0. The van der Waals surface area contributed by atoms with Gasteiger partial charge in [0.15, 0.2) is 0 Å². The predicted molar refractivity (Wildman–Crippen MR) is 78.7 cm³/mol. The van der Waals surface area contributed by atoms with Crippen LogP contribution in [0.1, 0.15) is 25.1 Å². The van der Waals surface area contributed by atoms with Gasteiger partial charge in [0.1, 0.15) is 0 Å². The third-order valence-corrected chi connectivity index (χ3v) is 2.93. The van der Waals surface area contributed by atoms with Gasteiger partial charge in [0, 0.05) is 17.6 Å². The molecule has 0 atom stereocenters. The molecule has 2 heteroatoms. The van der Waals surface area contributed by atoms with Crippen molar-refractivity contribution < 1.29 is 0 Å². The Hall–Kier alpha value is -1.67. The second kappa shape index (κ2) is 5.78. The molecule has 0 radical (unpaired) electrons. The molecule has 1 heterocycles. The molecule has 1 N–H and O–H groups in total. The molecule has 2 rings (SSSR count). The zero-order valence-corrected chi connectivity index (χ0v) is 11.3. The number of rotatable bonds is 4. The maximum atomic E-state index is 4.56. The molecule has 0 spiro atoms. The lowest BCUT2D eigenvalue weighted by atomic mass is 10.1. The maximum Gasteiger partial charge on any atom is 0.0711 e. The summed E-state index contributed by atoms with van der Waals surface area (Å²) in [6.07, 6.45) is 2.25. The number of para-hydroxylation sites is 1. The Balaban J connectivity index is 2.43. The molecule has 0 amide bonds. The van der Waals surface area contributed by atoms with Crippen LogP contribution in [0.3, 0.4) is 0 Å². The van der Waals surface area contributed by atoms with E-state index >= 15 is 0 Å².